The molecular formula is C9H12O3S. The Hall–Kier alpha value is -0.900. The molecule has 4 heteroatoms. The predicted molar refractivity (Wildman–Crippen MR) is 51.7 cm³/mol. The molecule has 0 aliphatic carbocycles. The molecule has 0 aliphatic heterocycles. The van der Waals surface area contributed by atoms with Crippen molar-refractivity contribution in [1.29, 1.82) is 0 Å². The van der Waals surface area contributed by atoms with Crippen molar-refractivity contribution >= 4 is 17.7 Å². The third-order valence-electron chi connectivity index (χ3n) is 1.65. The van der Waals surface area contributed by atoms with Crippen LogP contribution < -0.4 is 0 Å². The summed E-state index contributed by atoms with van der Waals surface area (Å²) in [5.74, 6) is 0.696. The lowest BCUT2D eigenvalue weighted by molar-refractivity contribution is -0.136. The average molecular weight is 200 g/mol. The first-order valence-electron chi connectivity index (χ1n) is 4.10. The first-order chi connectivity index (χ1) is 6.24. The van der Waals surface area contributed by atoms with Crippen LogP contribution in [0.3, 0.4) is 0 Å². The SMILES string of the molecule is CC[C@H](SCc1ccco1)C(=O)O. The third-order valence-corrected chi connectivity index (χ3v) is 3.04. The Kier molecular flexibility index (Phi) is 3.89. The van der Waals surface area contributed by atoms with Crippen LogP contribution in [-0.4, -0.2) is 16.3 Å². The highest BCUT2D eigenvalue weighted by atomic mass is 32.2. The molecule has 0 spiro atoms. The van der Waals surface area contributed by atoms with E-state index in [1.165, 1.54) is 11.8 Å². The van der Waals surface area contributed by atoms with Crippen LogP contribution in [0.15, 0.2) is 22.8 Å². The van der Waals surface area contributed by atoms with Crippen molar-refractivity contribution in [1.82, 2.24) is 0 Å². The van der Waals surface area contributed by atoms with E-state index >= 15 is 0 Å². The van der Waals surface area contributed by atoms with Gasteiger partial charge in [0.05, 0.1) is 12.0 Å². The van der Waals surface area contributed by atoms with Crippen molar-refractivity contribution in [3.8, 4) is 0 Å². The fourth-order valence-corrected chi connectivity index (χ4v) is 1.85. The van der Waals surface area contributed by atoms with Crippen LogP contribution in [0.5, 0.6) is 0 Å². The monoisotopic (exact) mass is 200 g/mol. The quantitative estimate of drug-likeness (QED) is 0.792. The molecule has 1 atom stereocenters. The maximum absolute atomic E-state index is 10.6. The summed E-state index contributed by atoms with van der Waals surface area (Å²) in [4.78, 5) is 10.6. The van der Waals surface area contributed by atoms with E-state index < -0.39 is 5.97 Å². The molecule has 1 aromatic rings. The molecule has 0 amide bonds. The van der Waals surface area contributed by atoms with E-state index in [0.717, 1.165) is 5.76 Å². The van der Waals surface area contributed by atoms with Gasteiger partial charge in [0.25, 0.3) is 0 Å². The highest BCUT2D eigenvalue weighted by Gasteiger charge is 2.15. The van der Waals surface area contributed by atoms with Gasteiger partial charge in [-0.15, -0.1) is 11.8 Å². The number of thioether (sulfide) groups is 1. The zero-order chi connectivity index (χ0) is 9.68. The average Bonchev–Trinajstić information content (AvgIpc) is 2.57. The minimum Gasteiger partial charge on any atom is -0.480 e. The van der Waals surface area contributed by atoms with E-state index in [-0.39, 0.29) is 5.25 Å². The largest absolute Gasteiger partial charge is 0.480 e. The van der Waals surface area contributed by atoms with Crippen LogP contribution in [0.4, 0.5) is 0 Å². The third kappa shape index (κ3) is 3.14. The smallest absolute Gasteiger partial charge is 0.316 e. The van der Waals surface area contributed by atoms with Crippen molar-refractivity contribution in [3.63, 3.8) is 0 Å². The summed E-state index contributed by atoms with van der Waals surface area (Å²) >= 11 is 1.39. The summed E-state index contributed by atoms with van der Waals surface area (Å²) in [6.07, 6.45) is 2.23. The van der Waals surface area contributed by atoms with E-state index in [4.69, 9.17) is 9.52 Å². The molecule has 1 heterocycles. The van der Waals surface area contributed by atoms with Crippen molar-refractivity contribution in [2.75, 3.05) is 0 Å². The zero-order valence-corrected chi connectivity index (χ0v) is 8.21. The number of carboxylic acids is 1. The Morgan fingerprint density at radius 1 is 1.77 bits per heavy atom. The van der Waals surface area contributed by atoms with Crippen molar-refractivity contribution in [3.05, 3.63) is 24.2 Å². The molecule has 0 fully saturated rings. The van der Waals surface area contributed by atoms with Crippen LogP contribution in [0, 0.1) is 0 Å². The van der Waals surface area contributed by atoms with Gasteiger partial charge in [0.15, 0.2) is 0 Å². The fourth-order valence-electron chi connectivity index (χ4n) is 0.941. The molecule has 3 nitrogen and oxygen atoms in total. The van der Waals surface area contributed by atoms with Crippen molar-refractivity contribution < 1.29 is 14.3 Å². The molecule has 0 radical (unpaired) electrons. The lowest BCUT2D eigenvalue weighted by Gasteiger charge is -2.06. The minimum atomic E-state index is -0.751. The van der Waals surface area contributed by atoms with Crippen LogP contribution in [0.1, 0.15) is 19.1 Å². The number of aliphatic carboxylic acids is 1. The predicted octanol–water partition coefficient (Wildman–Crippen LogP) is 2.38. The maximum Gasteiger partial charge on any atom is 0.316 e. The maximum atomic E-state index is 10.6. The van der Waals surface area contributed by atoms with Crippen molar-refractivity contribution in [2.24, 2.45) is 0 Å². The number of rotatable bonds is 5. The van der Waals surface area contributed by atoms with Gasteiger partial charge in [0.2, 0.25) is 0 Å². The van der Waals surface area contributed by atoms with Crippen LogP contribution in [0.25, 0.3) is 0 Å². The molecule has 0 aliphatic rings. The van der Waals surface area contributed by atoms with Gasteiger partial charge >= 0.3 is 5.97 Å². The van der Waals surface area contributed by atoms with Gasteiger partial charge in [-0.25, -0.2) is 0 Å². The van der Waals surface area contributed by atoms with Crippen LogP contribution in [0.2, 0.25) is 0 Å². The van der Waals surface area contributed by atoms with Gasteiger partial charge in [-0.2, -0.15) is 0 Å². The summed E-state index contributed by atoms with van der Waals surface area (Å²) in [5.41, 5.74) is 0. The number of carboxylic acid groups (broad SMARTS) is 1. The molecule has 13 heavy (non-hydrogen) atoms. The Bertz CT molecular complexity index is 256. The Balaban J connectivity index is 2.36. The van der Waals surface area contributed by atoms with Gasteiger partial charge < -0.3 is 9.52 Å². The van der Waals surface area contributed by atoms with Gasteiger partial charge in [0.1, 0.15) is 11.0 Å². The summed E-state index contributed by atoms with van der Waals surface area (Å²) < 4.78 is 5.09. The highest BCUT2D eigenvalue weighted by molar-refractivity contribution is 7.99. The molecule has 1 N–H and O–H groups in total. The van der Waals surface area contributed by atoms with E-state index in [2.05, 4.69) is 0 Å². The molecule has 0 bridgehead atoms. The molecule has 1 aromatic heterocycles. The van der Waals surface area contributed by atoms with Crippen molar-refractivity contribution in [2.45, 2.75) is 24.3 Å². The fraction of sp³-hybridized carbons (Fsp3) is 0.444. The lowest BCUT2D eigenvalue weighted by Crippen LogP contribution is -2.14. The standard InChI is InChI=1S/C9H12O3S/c1-2-8(9(10)11)13-6-7-4-3-5-12-7/h3-5,8H,2,6H2,1H3,(H,10,11)/t8-/m0/s1. The van der Waals surface area contributed by atoms with Gasteiger partial charge in [-0.05, 0) is 18.6 Å². The summed E-state index contributed by atoms with van der Waals surface area (Å²) in [7, 11) is 0. The number of carbonyl (C=O) groups is 1. The topological polar surface area (TPSA) is 50.4 Å². The first kappa shape index (κ1) is 10.2. The summed E-state index contributed by atoms with van der Waals surface area (Å²) in [6.45, 7) is 1.87. The summed E-state index contributed by atoms with van der Waals surface area (Å²) in [6, 6.07) is 3.65. The van der Waals surface area contributed by atoms with Crippen LogP contribution >= 0.6 is 11.8 Å². The number of hydrogen-bond donors (Lipinski definition) is 1. The second-order valence-electron chi connectivity index (χ2n) is 2.63. The molecule has 0 aromatic carbocycles. The Labute approximate surface area is 81.1 Å². The second-order valence-corrected chi connectivity index (χ2v) is 3.82. The van der Waals surface area contributed by atoms with E-state index in [0.29, 0.717) is 12.2 Å². The van der Waals surface area contributed by atoms with E-state index in [1.807, 2.05) is 13.0 Å². The zero-order valence-electron chi connectivity index (χ0n) is 7.40. The Morgan fingerprint density at radius 3 is 3.00 bits per heavy atom. The number of furan rings is 1. The molecule has 72 valence electrons. The van der Waals surface area contributed by atoms with Gasteiger partial charge in [-0.1, -0.05) is 6.92 Å². The first-order valence-corrected chi connectivity index (χ1v) is 5.15. The molecule has 0 unspecified atom stereocenters. The minimum absolute atomic E-state index is 0.329. The van der Waals surface area contributed by atoms with Gasteiger partial charge in [-0.3, -0.25) is 4.79 Å². The normalized spacial score (nSPS) is 12.7. The van der Waals surface area contributed by atoms with E-state index in [9.17, 15) is 4.79 Å². The Morgan fingerprint density at radius 2 is 2.54 bits per heavy atom. The number of hydrogen-bond acceptors (Lipinski definition) is 3. The highest BCUT2D eigenvalue weighted by Crippen LogP contribution is 2.20. The second kappa shape index (κ2) is 4.97. The molecule has 1 rings (SSSR count). The van der Waals surface area contributed by atoms with Crippen LogP contribution in [-0.2, 0) is 10.5 Å². The summed E-state index contributed by atoms with van der Waals surface area (Å²) in [5, 5.41) is 8.42. The van der Waals surface area contributed by atoms with E-state index in [1.54, 1.807) is 12.3 Å². The molecular weight excluding hydrogens is 188 g/mol. The molecule has 0 saturated carbocycles. The molecule has 0 saturated heterocycles. The lowest BCUT2D eigenvalue weighted by atomic mass is 10.3. The van der Waals surface area contributed by atoms with Gasteiger partial charge in [0, 0.05) is 0 Å².